The summed E-state index contributed by atoms with van der Waals surface area (Å²) in [5.74, 6) is -0.130. The lowest BCUT2D eigenvalue weighted by atomic mass is 9.91. The summed E-state index contributed by atoms with van der Waals surface area (Å²) in [6.07, 6.45) is 3.33. The van der Waals surface area contributed by atoms with Crippen LogP contribution in [-0.4, -0.2) is 35.9 Å². The maximum Gasteiger partial charge on any atom is 0.250 e. The number of fused-ring (bicyclic) bond motifs is 3. The van der Waals surface area contributed by atoms with E-state index in [2.05, 4.69) is 41.9 Å². The van der Waals surface area contributed by atoms with Crippen molar-refractivity contribution in [3.8, 4) is 0 Å². The summed E-state index contributed by atoms with van der Waals surface area (Å²) >= 11 is 0. The topological polar surface area (TPSA) is 48.1 Å². The lowest BCUT2D eigenvalue weighted by Gasteiger charge is -2.28. The van der Waals surface area contributed by atoms with Crippen LogP contribution >= 0.6 is 0 Å². The number of carbonyl (C=O) groups is 1. The van der Waals surface area contributed by atoms with Crippen LogP contribution in [-0.2, 0) is 17.6 Å². The molecule has 0 bridgehead atoms. The molecule has 1 aliphatic carbocycles. The van der Waals surface area contributed by atoms with Crippen molar-refractivity contribution in [1.82, 2.24) is 9.88 Å². The molecule has 116 valence electrons. The van der Waals surface area contributed by atoms with Crippen LogP contribution in [0.2, 0.25) is 0 Å². The molecule has 0 saturated carbocycles. The molecule has 1 aliphatic rings. The summed E-state index contributed by atoms with van der Waals surface area (Å²) in [5, 5.41) is 4.12. The molecular weight excluding hydrogens is 274 g/mol. The molecule has 1 amide bonds. The largest absolute Gasteiger partial charge is 0.358 e. The molecule has 1 atom stereocenters. The van der Waals surface area contributed by atoms with E-state index < -0.39 is 0 Å². The lowest BCUT2D eigenvalue weighted by Crippen LogP contribution is -2.33. The molecule has 1 aromatic heterocycles. The van der Waals surface area contributed by atoms with Gasteiger partial charge < -0.3 is 15.2 Å². The van der Waals surface area contributed by atoms with Crippen LogP contribution in [0.3, 0.4) is 0 Å². The van der Waals surface area contributed by atoms with E-state index in [0.29, 0.717) is 11.6 Å². The number of aryl methyl sites for hydroxylation is 1. The Balaban J connectivity index is 1.96. The number of aromatic amines is 1. The third-order valence-electron chi connectivity index (χ3n) is 4.54. The maximum atomic E-state index is 11.8. The highest BCUT2D eigenvalue weighted by Gasteiger charge is 2.23. The molecule has 0 fully saturated rings. The van der Waals surface area contributed by atoms with Crippen molar-refractivity contribution in [3.05, 3.63) is 41.6 Å². The number of likely N-dealkylation sites (N-methyl/N-ethyl adjacent to an activating group) is 1. The second-order valence-corrected chi connectivity index (χ2v) is 6.44. The molecule has 3 rings (SSSR count). The predicted octanol–water partition coefficient (Wildman–Crippen LogP) is 3.10. The van der Waals surface area contributed by atoms with Gasteiger partial charge in [-0.05, 0) is 64.0 Å². The standard InChI is InChI=1S/C18H23N3O/c1-11(2)18(22)19-12-5-7-16-14(9-12)15-10-13(21(3)4)6-8-17(15)20-16/h5,7,9,13,20H,1,6,8,10H2,2-4H3,(H,19,22). The minimum atomic E-state index is -0.130. The van der Waals surface area contributed by atoms with Crippen LogP contribution in [0, 0.1) is 0 Å². The van der Waals surface area contributed by atoms with Gasteiger partial charge in [0.1, 0.15) is 0 Å². The summed E-state index contributed by atoms with van der Waals surface area (Å²) < 4.78 is 0. The SMILES string of the molecule is C=C(C)C(=O)Nc1ccc2[nH]c3c(c2c1)CC(N(C)C)CC3. The third kappa shape index (κ3) is 2.66. The predicted molar refractivity (Wildman–Crippen MR) is 91.2 cm³/mol. The molecular formula is C18H23N3O. The number of benzene rings is 1. The fourth-order valence-corrected chi connectivity index (χ4v) is 3.15. The number of hydrogen-bond acceptors (Lipinski definition) is 2. The molecule has 1 unspecified atom stereocenters. The van der Waals surface area contributed by atoms with Gasteiger partial charge in [0.05, 0.1) is 0 Å². The number of anilines is 1. The van der Waals surface area contributed by atoms with Crippen LogP contribution in [0.15, 0.2) is 30.4 Å². The van der Waals surface area contributed by atoms with Crippen molar-refractivity contribution in [2.24, 2.45) is 0 Å². The Bertz CT molecular complexity index is 742. The van der Waals surface area contributed by atoms with E-state index in [1.165, 1.54) is 23.1 Å². The average molecular weight is 297 g/mol. The fraction of sp³-hybridized carbons (Fsp3) is 0.389. The van der Waals surface area contributed by atoms with E-state index >= 15 is 0 Å². The first-order valence-electron chi connectivity index (χ1n) is 7.72. The van der Waals surface area contributed by atoms with Gasteiger partial charge in [-0.15, -0.1) is 0 Å². The van der Waals surface area contributed by atoms with Gasteiger partial charge in [-0.3, -0.25) is 4.79 Å². The number of H-pyrrole nitrogens is 1. The Morgan fingerprint density at radius 2 is 2.18 bits per heavy atom. The van der Waals surface area contributed by atoms with Crippen LogP contribution in [0.1, 0.15) is 24.6 Å². The summed E-state index contributed by atoms with van der Waals surface area (Å²) in [6.45, 7) is 5.40. The van der Waals surface area contributed by atoms with Crippen LogP contribution < -0.4 is 5.32 Å². The first-order valence-corrected chi connectivity index (χ1v) is 7.72. The minimum absolute atomic E-state index is 0.130. The van der Waals surface area contributed by atoms with Gasteiger partial charge in [0.25, 0.3) is 5.91 Å². The molecule has 2 aromatic rings. The molecule has 0 aliphatic heterocycles. The molecule has 2 N–H and O–H groups in total. The molecule has 0 saturated heterocycles. The summed E-state index contributed by atoms with van der Waals surface area (Å²) in [7, 11) is 4.28. The number of carbonyl (C=O) groups excluding carboxylic acids is 1. The quantitative estimate of drug-likeness (QED) is 0.855. The number of rotatable bonds is 3. The second kappa shape index (κ2) is 5.61. The molecule has 4 nitrogen and oxygen atoms in total. The molecule has 0 radical (unpaired) electrons. The van der Waals surface area contributed by atoms with Gasteiger partial charge in [-0.25, -0.2) is 0 Å². The first kappa shape index (κ1) is 14.9. The van der Waals surface area contributed by atoms with Gasteiger partial charge in [0.2, 0.25) is 0 Å². The van der Waals surface area contributed by atoms with Gasteiger partial charge in [-0.2, -0.15) is 0 Å². The smallest absolute Gasteiger partial charge is 0.250 e. The summed E-state index contributed by atoms with van der Waals surface area (Å²) in [5.41, 5.74) is 5.23. The molecule has 1 heterocycles. The van der Waals surface area contributed by atoms with E-state index in [-0.39, 0.29) is 5.91 Å². The van der Waals surface area contributed by atoms with Crippen molar-refractivity contribution in [3.63, 3.8) is 0 Å². The second-order valence-electron chi connectivity index (χ2n) is 6.44. The lowest BCUT2D eigenvalue weighted by molar-refractivity contribution is -0.112. The van der Waals surface area contributed by atoms with E-state index in [4.69, 9.17) is 0 Å². The van der Waals surface area contributed by atoms with E-state index in [1.807, 2.05) is 12.1 Å². The Labute approximate surface area is 131 Å². The molecule has 22 heavy (non-hydrogen) atoms. The average Bonchev–Trinajstić information content (AvgIpc) is 2.84. The van der Waals surface area contributed by atoms with Gasteiger partial charge in [-0.1, -0.05) is 6.58 Å². The number of amides is 1. The maximum absolute atomic E-state index is 11.8. The Hall–Kier alpha value is -2.07. The minimum Gasteiger partial charge on any atom is -0.358 e. The zero-order valence-electron chi connectivity index (χ0n) is 13.5. The van der Waals surface area contributed by atoms with Crippen molar-refractivity contribution in [1.29, 1.82) is 0 Å². The zero-order chi connectivity index (χ0) is 15.9. The van der Waals surface area contributed by atoms with Crippen molar-refractivity contribution >= 4 is 22.5 Å². The monoisotopic (exact) mass is 297 g/mol. The van der Waals surface area contributed by atoms with Gasteiger partial charge in [0.15, 0.2) is 0 Å². The first-order chi connectivity index (χ1) is 10.5. The third-order valence-corrected chi connectivity index (χ3v) is 4.54. The number of aromatic nitrogens is 1. The number of nitrogens with zero attached hydrogens (tertiary/aromatic N) is 1. The normalized spacial score (nSPS) is 17.5. The van der Waals surface area contributed by atoms with Crippen LogP contribution in [0.4, 0.5) is 5.69 Å². The number of nitrogens with one attached hydrogen (secondary N) is 2. The van der Waals surface area contributed by atoms with Crippen molar-refractivity contribution in [2.45, 2.75) is 32.2 Å². The van der Waals surface area contributed by atoms with Crippen molar-refractivity contribution in [2.75, 3.05) is 19.4 Å². The Morgan fingerprint density at radius 1 is 1.41 bits per heavy atom. The van der Waals surface area contributed by atoms with E-state index in [9.17, 15) is 4.79 Å². The van der Waals surface area contributed by atoms with Gasteiger partial charge in [0, 0.05) is 33.9 Å². The highest BCUT2D eigenvalue weighted by atomic mass is 16.1. The van der Waals surface area contributed by atoms with Gasteiger partial charge >= 0.3 is 0 Å². The van der Waals surface area contributed by atoms with Crippen LogP contribution in [0.5, 0.6) is 0 Å². The number of hydrogen-bond donors (Lipinski definition) is 2. The summed E-state index contributed by atoms with van der Waals surface area (Å²) in [4.78, 5) is 17.6. The zero-order valence-corrected chi connectivity index (χ0v) is 13.5. The molecule has 4 heteroatoms. The molecule has 0 spiro atoms. The highest BCUT2D eigenvalue weighted by molar-refractivity contribution is 6.04. The van der Waals surface area contributed by atoms with E-state index in [0.717, 1.165) is 24.0 Å². The highest BCUT2D eigenvalue weighted by Crippen LogP contribution is 2.32. The van der Waals surface area contributed by atoms with E-state index in [1.54, 1.807) is 6.92 Å². The Morgan fingerprint density at radius 3 is 2.86 bits per heavy atom. The molecule has 1 aromatic carbocycles. The Kier molecular flexibility index (Phi) is 3.79. The van der Waals surface area contributed by atoms with Crippen molar-refractivity contribution < 1.29 is 4.79 Å². The van der Waals surface area contributed by atoms with Crippen LogP contribution in [0.25, 0.3) is 10.9 Å². The summed E-state index contributed by atoms with van der Waals surface area (Å²) in [6, 6.07) is 6.64. The fourth-order valence-electron chi connectivity index (χ4n) is 3.15.